The Bertz CT molecular complexity index is 677. The molecule has 2 heterocycles. The van der Waals surface area contributed by atoms with E-state index in [1.54, 1.807) is 6.20 Å². The van der Waals surface area contributed by atoms with Gasteiger partial charge in [0.25, 0.3) is 0 Å². The summed E-state index contributed by atoms with van der Waals surface area (Å²) in [4.78, 5) is 19.2. The Morgan fingerprint density at radius 1 is 1.29 bits per heavy atom. The fraction of sp³-hybridized carbons (Fsp3) is 0.474. The Balaban J connectivity index is 1.64. The average Bonchev–Trinajstić information content (AvgIpc) is 3.06. The molecule has 0 saturated carbocycles. The van der Waals surface area contributed by atoms with Crippen LogP contribution < -0.4 is 5.32 Å². The molecular weight excluding hydrogens is 300 g/mol. The molecule has 24 heavy (non-hydrogen) atoms. The topological polar surface area (TPSA) is 50.2 Å². The zero-order valence-corrected chi connectivity index (χ0v) is 14.5. The molecule has 5 heteroatoms. The van der Waals surface area contributed by atoms with Crippen LogP contribution in [0.3, 0.4) is 0 Å². The molecule has 0 radical (unpaired) electrons. The number of aromatic nitrogens is 2. The van der Waals surface area contributed by atoms with Crippen molar-refractivity contribution < 1.29 is 4.79 Å². The number of benzene rings is 1. The summed E-state index contributed by atoms with van der Waals surface area (Å²) in [6.45, 7) is 4.51. The normalized spacial score (nSPS) is 17.9. The largest absolute Gasteiger partial charge is 0.336 e. The van der Waals surface area contributed by atoms with Gasteiger partial charge in [-0.05, 0) is 24.0 Å². The van der Waals surface area contributed by atoms with E-state index in [-0.39, 0.29) is 11.9 Å². The van der Waals surface area contributed by atoms with Gasteiger partial charge in [-0.25, -0.2) is 4.98 Å². The van der Waals surface area contributed by atoms with E-state index in [1.165, 1.54) is 11.1 Å². The van der Waals surface area contributed by atoms with Gasteiger partial charge in [0.2, 0.25) is 5.91 Å². The first kappa shape index (κ1) is 16.7. The van der Waals surface area contributed by atoms with Crippen molar-refractivity contribution in [2.24, 2.45) is 7.05 Å². The van der Waals surface area contributed by atoms with Gasteiger partial charge in [0.05, 0.1) is 0 Å². The number of nitrogens with one attached hydrogen (secondary N) is 1. The van der Waals surface area contributed by atoms with Crippen LogP contribution in [-0.4, -0.2) is 40.0 Å². The van der Waals surface area contributed by atoms with Crippen molar-refractivity contribution in [2.75, 3.05) is 19.6 Å². The Morgan fingerprint density at radius 3 is 2.71 bits per heavy atom. The van der Waals surface area contributed by atoms with E-state index in [9.17, 15) is 4.79 Å². The maximum Gasteiger partial charge on any atom is 0.223 e. The average molecular weight is 326 g/mol. The van der Waals surface area contributed by atoms with Gasteiger partial charge in [0.15, 0.2) is 0 Å². The number of hydrogen-bond donors (Lipinski definition) is 1. The third-order valence-electron chi connectivity index (χ3n) is 4.78. The Kier molecular flexibility index (Phi) is 5.30. The van der Waals surface area contributed by atoms with Crippen molar-refractivity contribution in [3.8, 4) is 0 Å². The molecule has 1 aromatic heterocycles. The highest BCUT2D eigenvalue weighted by atomic mass is 16.2. The molecule has 5 nitrogen and oxygen atoms in total. The van der Waals surface area contributed by atoms with Crippen molar-refractivity contribution >= 4 is 5.91 Å². The predicted octanol–water partition coefficient (Wildman–Crippen LogP) is 2.09. The molecule has 3 rings (SSSR count). The molecule has 1 N–H and O–H groups in total. The molecule has 128 valence electrons. The highest BCUT2D eigenvalue weighted by Crippen LogP contribution is 2.21. The maximum absolute atomic E-state index is 12.8. The number of aryl methyl sites for hydroxylation is 3. The van der Waals surface area contributed by atoms with Crippen molar-refractivity contribution in [2.45, 2.75) is 32.2 Å². The van der Waals surface area contributed by atoms with Crippen molar-refractivity contribution in [3.05, 3.63) is 53.6 Å². The van der Waals surface area contributed by atoms with Crippen LogP contribution in [0.5, 0.6) is 0 Å². The highest BCUT2D eigenvalue weighted by molar-refractivity contribution is 5.77. The number of amides is 1. The lowest BCUT2D eigenvalue weighted by molar-refractivity contribution is -0.134. The minimum Gasteiger partial charge on any atom is -0.336 e. The van der Waals surface area contributed by atoms with Gasteiger partial charge in [0.1, 0.15) is 11.9 Å². The summed E-state index contributed by atoms with van der Waals surface area (Å²) in [5.41, 5.74) is 2.56. The van der Waals surface area contributed by atoms with Gasteiger partial charge in [-0.2, -0.15) is 0 Å². The summed E-state index contributed by atoms with van der Waals surface area (Å²) in [6, 6.07) is 8.61. The van der Waals surface area contributed by atoms with E-state index in [4.69, 9.17) is 0 Å². The lowest BCUT2D eigenvalue weighted by Gasteiger charge is -2.35. The molecule has 2 aromatic rings. The highest BCUT2D eigenvalue weighted by Gasteiger charge is 2.29. The van der Waals surface area contributed by atoms with Gasteiger partial charge in [-0.1, -0.05) is 31.2 Å². The molecule has 0 bridgehead atoms. The third-order valence-corrected chi connectivity index (χ3v) is 4.78. The van der Waals surface area contributed by atoms with Crippen LogP contribution in [0.25, 0.3) is 0 Å². The zero-order valence-electron chi connectivity index (χ0n) is 14.5. The van der Waals surface area contributed by atoms with Crippen molar-refractivity contribution in [1.29, 1.82) is 0 Å². The zero-order chi connectivity index (χ0) is 16.9. The minimum atomic E-state index is 0.0220. The fourth-order valence-corrected chi connectivity index (χ4v) is 3.27. The van der Waals surface area contributed by atoms with E-state index < -0.39 is 0 Å². The molecule has 0 aliphatic carbocycles. The second kappa shape index (κ2) is 7.62. The van der Waals surface area contributed by atoms with Crippen molar-refractivity contribution in [1.82, 2.24) is 19.8 Å². The summed E-state index contributed by atoms with van der Waals surface area (Å²) in [6.07, 6.45) is 6.11. The molecular formula is C19H26N4O. The number of carbonyl (C=O) groups is 1. The quantitative estimate of drug-likeness (QED) is 0.915. The van der Waals surface area contributed by atoms with Gasteiger partial charge in [0, 0.05) is 45.5 Å². The van der Waals surface area contributed by atoms with E-state index in [2.05, 4.69) is 41.5 Å². The summed E-state index contributed by atoms with van der Waals surface area (Å²) in [5.74, 6) is 1.16. The lowest BCUT2D eigenvalue weighted by atomic mass is 10.0. The van der Waals surface area contributed by atoms with Gasteiger partial charge >= 0.3 is 0 Å². The number of imidazole rings is 1. The number of nitrogens with zero attached hydrogens (tertiary/aromatic N) is 3. The van der Waals surface area contributed by atoms with Crippen LogP contribution in [0.4, 0.5) is 0 Å². The van der Waals surface area contributed by atoms with Gasteiger partial charge in [-0.15, -0.1) is 0 Å². The number of piperazine rings is 1. The summed E-state index contributed by atoms with van der Waals surface area (Å²) in [5, 5.41) is 3.37. The Morgan fingerprint density at radius 2 is 2.04 bits per heavy atom. The number of rotatable bonds is 5. The van der Waals surface area contributed by atoms with E-state index >= 15 is 0 Å². The van der Waals surface area contributed by atoms with E-state index in [0.717, 1.165) is 38.3 Å². The maximum atomic E-state index is 12.8. The Labute approximate surface area is 143 Å². The molecule has 1 aliphatic rings. The lowest BCUT2D eigenvalue weighted by Crippen LogP contribution is -2.49. The molecule has 1 unspecified atom stereocenters. The first-order valence-corrected chi connectivity index (χ1v) is 8.74. The fourth-order valence-electron chi connectivity index (χ4n) is 3.27. The van der Waals surface area contributed by atoms with Gasteiger partial charge < -0.3 is 14.8 Å². The molecule has 1 aromatic carbocycles. The second-order valence-electron chi connectivity index (χ2n) is 6.37. The van der Waals surface area contributed by atoms with Crippen LogP contribution in [0.2, 0.25) is 0 Å². The minimum absolute atomic E-state index is 0.0220. The van der Waals surface area contributed by atoms with E-state index in [0.29, 0.717) is 6.42 Å². The van der Waals surface area contributed by atoms with Crippen molar-refractivity contribution in [3.63, 3.8) is 0 Å². The number of carbonyl (C=O) groups excluding carboxylic acids is 1. The predicted molar refractivity (Wildman–Crippen MR) is 94.7 cm³/mol. The van der Waals surface area contributed by atoms with Crippen LogP contribution in [-0.2, 0) is 24.7 Å². The van der Waals surface area contributed by atoms with Crippen LogP contribution in [0.1, 0.15) is 36.3 Å². The first-order chi connectivity index (χ1) is 11.7. The van der Waals surface area contributed by atoms with Crippen LogP contribution >= 0.6 is 0 Å². The third kappa shape index (κ3) is 3.67. The smallest absolute Gasteiger partial charge is 0.223 e. The first-order valence-electron chi connectivity index (χ1n) is 8.74. The summed E-state index contributed by atoms with van der Waals surface area (Å²) in [7, 11) is 1.98. The monoisotopic (exact) mass is 326 g/mol. The summed E-state index contributed by atoms with van der Waals surface area (Å²) < 4.78 is 2.00. The molecule has 1 amide bonds. The second-order valence-corrected chi connectivity index (χ2v) is 6.37. The molecule has 1 saturated heterocycles. The molecule has 1 fully saturated rings. The SMILES string of the molecule is CCc1ccc(CCC(=O)N2CCNCC2c2nccn2C)cc1. The number of hydrogen-bond acceptors (Lipinski definition) is 3. The Hall–Kier alpha value is -2.14. The summed E-state index contributed by atoms with van der Waals surface area (Å²) >= 11 is 0. The van der Waals surface area contributed by atoms with E-state index in [1.807, 2.05) is 22.7 Å². The van der Waals surface area contributed by atoms with Crippen LogP contribution in [0.15, 0.2) is 36.7 Å². The van der Waals surface area contributed by atoms with Crippen LogP contribution in [0, 0.1) is 0 Å². The standard InChI is InChI=1S/C19H26N4O/c1-3-15-4-6-16(7-5-15)8-9-18(24)23-13-10-20-14-17(23)19-21-11-12-22(19)2/h4-7,11-12,17,20H,3,8-10,13-14H2,1-2H3. The molecule has 1 atom stereocenters. The molecule has 0 spiro atoms. The molecule has 1 aliphatic heterocycles. The van der Waals surface area contributed by atoms with Gasteiger partial charge in [-0.3, -0.25) is 4.79 Å².